The van der Waals surface area contributed by atoms with Crippen LogP contribution in [-0.2, 0) is 10.0 Å². The molecule has 1 aliphatic carbocycles. The summed E-state index contributed by atoms with van der Waals surface area (Å²) in [7, 11) is -4.42. The normalized spacial score (nSPS) is 15.4. The highest BCUT2D eigenvalue weighted by Crippen LogP contribution is 2.42. The molecule has 174 valence electrons. The Morgan fingerprint density at radius 1 is 1.15 bits per heavy atom. The maximum Gasteiger partial charge on any atom is 0.407 e. The lowest BCUT2D eigenvalue weighted by Gasteiger charge is -2.30. The van der Waals surface area contributed by atoms with Crippen LogP contribution in [0.15, 0.2) is 41.4 Å². The van der Waals surface area contributed by atoms with Crippen molar-refractivity contribution in [1.29, 1.82) is 5.26 Å². The van der Waals surface area contributed by atoms with E-state index in [2.05, 4.69) is 11.1 Å². The fourth-order valence-corrected chi connectivity index (χ4v) is 5.42. The minimum atomic E-state index is -4.75. The number of aryl methyl sites for hydroxylation is 1. The Balaban J connectivity index is 1.81. The molecule has 1 saturated carbocycles. The van der Waals surface area contributed by atoms with Gasteiger partial charge in [-0.1, -0.05) is 12.1 Å². The van der Waals surface area contributed by atoms with Crippen molar-refractivity contribution in [2.75, 3.05) is 0 Å². The third kappa shape index (κ3) is 3.89. The fourth-order valence-electron chi connectivity index (χ4n) is 4.02. The molecule has 2 heterocycles. The Labute approximate surface area is 190 Å². The largest absolute Gasteiger partial charge is 0.407 e. The zero-order valence-electron chi connectivity index (χ0n) is 18.4. The number of aromatic nitrogens is 2. The number of nitrogens with zero attached hydrogens (tertiary/aromatic N) is 3. The van der Waals surface area contributed by atoms with E-state index in [4.69, 9.17) is 0 Å². The minimum Gasteiger partial charge on any atom is -0.321 e. The summed E-state index contributed by atoms with van der Waals surface area (Å²) in [6, 6.07) is 9.85. The van der Waals surface area contributed by atoms with Crippen molar-refractivity contribution in [3.63, 3.8) is 0 Å². The third-order valence-corrected chi connectivity index (χ3v) is 7.85. The number of alkyl halides is 3. The van der Waals surface area contributed by atoms with E-state index in [0.29, 0.717) is 22.5 Å². The molecule has 10 heteroatoms. The van der Waals surface area contributed by atoms with Crippen LogP contribution in [0.3, 0.4) is 0 Å². The number of fused-ring (bicyclic) bond motifs is 1. The summed E-state index contributed by atoms with van der Waals surface area (Å²) >= 11 is 0. The maximum absolute atomic E-state index is 13.2. The second-order valence-electron chi connectivity index (χ2n) is 8.87. The van der Waals surface area contributed by atoms with E-state index in [0.717, 1.165) is 44.1 Å². The standard InChI is InChI=1S/C23H23F3N4O2S/c1-14-11-12-28-21-19(14)18(13-27)20(30(21)16-5-4-6-16)15-7-9-17(10-8-15)33(31,32)29-22(2,3)23(24,25)26/h7-12,16,29H,4-6H2,1-3H3. The summed E-state index contributed by atoms with van der Waals surface area (Å²) in [5.74, 6) is 0. The van der Waals surface area contributed by atoms with Gasteiger partial charge in [-0.2, -0.15) is 23.2 Å². The predicted molar refractivity (Wildman–Crippen MR) is 118 cm³/mol. The molecule has 4 rings (SSSR count). The zero-order valence-corrected chi connectivity index (χ0v) is 19.2. The summed E-state index contributed by atoms with van der Waals surface area (Å²) in [5.41, 5.74) is 0.689. The van der Waals surface area contributed by atoms with Crippen molar-refractivity contribution in [2.24, 2.45) is 0 Å². The number of nitrogens with one attached hydrogen (secondary N) is 1. The monoisotopic (exact) mass is 476 g/mol. The van der Waals surface area contributed by atoms with Gasteiger partial charge in [-0.05, 0) is 69.4 Å². The second kappa shape index (κ2) is 7.85. The first-order chi connectivity index (χ1) is 15.4. The van der Waals surface area contributed by atoms with Crippen molar-refractivity contribution in [3.8, 4) is 17.3 Å². The van der Waals surface area contributed by atoms with Crippen LogP contribution in [0.25, 0.3) is 22.3 Å². The highest BCUT2D eigenvalue weighted by Gasteiger charge is 2.49. The van der Waals surface area contributed by atoms with Gasteiger partial charge in [0.05, 0.1) is 16.2 Å². The lowest BCUT2D eigenvalue weighted by atomic mass is 9.92. The number of halogens is 3. The van der Waals surface area contributed by atoms with Gasteiger partial charge in [-0.15, -0.1) is 0 Å². The first-order valence-electron chi connectivity index (χ1n) is 10.5. The average molecular weight is 477 g/mol. The van der Waals surface area contributed by atoms with E-state index in [1.165, 1.54) is 24.3 Å². The summed E-state index contributed by atoms with van der Waals surface area (Å²) in [4.78, 5) is 4.23. The van der Waals surface area contributed by atoms with Gasteiger partial charge in [-0.3, -0.25) is 0 Å². The Morgan fingerprint density at radius 3 is 2.30 bits per heavy atom. The molecule has 0 amide bonds. The van der Waals surface area contributed by atoms with Gasteiger partial charge < -0.3 is 4.57 Å². The van der Waals surface area contributed by atoms with E-state index < -0.39 is 21.7 Å². The molecule has 0 atom stereocenters. The number of hydrogen-bond donors (Lipinski definition) is 1. The van der Waals surface area contributed by atoms with Crippen molar-refractivity contribution in [3.05, 3.63) is 47.7 Å². The molecule has 3 aromatic rings. The summed E-state index contributed by atoms with van der Waals surface area (Å²) in [6.07, 6.45) is -0.104. The molecule has 6 nitrogen and oxygen atoms in total. The van der Waals surface area contributed by atoms with Crippen LogP contribution in [-0.4, -0.2) is 29.7 Å². The van der Waals surface area contributed by atoms with Crippen LogP contribution < -0.4 is 4.72 Å². The topological polar surface area (TPSA) is 87.8 Å². The molecule has 2 aromatic heterocycles. The van der Waals surface area contributed by atoms with Crippen LogP contribution >= 0.6 is 0 Å². The van der Waals surface area contributed by atoms with E-state index in [-0.39, 0.29) is 10.9 Å². The van der Waals surface area contributed by atoms with E-state index in [1.54, 1.807) is 10.9 Å². The van der Waals surface area contributed by atoms with Gasteiger partial charge in [-0.25, -0.2) is 13.4 Å². The number of benzene rings is 1. The fraction of sp³-hybridized carbons (Fsp3) is 0.391. The second-order valence-corrected chi connectivity index (χ2v) is 10.6. The molecule has 1 aromatic carbocycles. The molecule has 1 N–H and O–H groups in total. The predicted octanol–water partition coefficient (Wildman–Crippen LogP) is 5.23. The quantitative estimate of drug-likeness (QED) is 0.546. The van der Waals surface area contributed by atoms with E-state index >= 15 is 0 Å². The Morgan fingerprint density at radius 2 is 1.79 bits per heavy atom. The summed E-state index contributed by atoms with van der Waals surface area (Å²) in [6.45, 7) is 3.44. The molecular weight excluding hydrogens is 453 g/mol. The number of nitriles is 1. The molecule has 1 aliphatic rings. The van der Waals surface area contributed by atoms with Crippen molar-refractivity contribution in [2.45, 2.75) is 62.7 Å². The number of sulfonamides is 1. The van der Waals surface area contributed by atoms with E-state index in [1.807, 2.05) is 17.6 Å². The number of pyridine rings is 1. The summed E-state index contributed by atoms with van der Waals surface area (Å²) in [5, 5.41) is 10.7. The van der Waals surface area contributed by atoms with Gasteiger partial charge in [0.15, 0.2) is 0 Å². The Hall–Kier alpha value is -2.90. The van der Waals surface area contributed by atoms with Gasteiger partial charge >= 0.3 is 6.18 Å². The lowest BCUT2D eigenvalue weighted by Crippen LogP contribution is -2.54. The van der Waals surface area contributed by atoms with Gasteiger partial charge in [0, 0.05) is 17.6 Å². The molecule has 33 heavy (non-hydrogen) atoms. The summed E-state index contributed by atoms with van der Waals surface area (Å²) < 4.78 is 68.5. The van der Waals surface area contributed by atoms with Crippen LogP contribution in [0.4, 0.5) is 13.2 Å². The Kier molecular flexibility index (Phi) is 5.53. The van der Waals surface area contributed by atoms with Crippen molar-refractivity contribution >= 4 is 21.1 Å². The molecule has 1 fully saturated rings. The van der Waals surface area contributed by atoms with Crippen LogP contribution in [0.1, 0.15) is 50.3 Å². The average Bonchev–Trinajstić information content (AvgIpc) is 3.00. The van der Waals surface area contributed by atoms with Gasteiger partial charge in [0.1, 0.15) is 17.3 Å². The van der Waals surface area contributed by atoms with Crippen LogP contribution in [0.2, 0.25) is 0 Å². The van der Waals surface area contributed by atoms with Gasteiger partial charge in [0.2, 0.25) is 10.0 Å². The highest BCUT2D eigenvalue weighted by atomic mass is 32.2. The Bertz CT molecular complexity index is 1360. The maximum atomic E-state index is 13.2. The lowest BCUT2D eigenvalue weighted by molar-refractivity contribution is -0.180. The van der Waals surface area contributed by atoms with Crippen LogP contribution in [0, 0.1) is 18.3 Å². The molecule has 0 bridgehead atoms. The molecule has 0 unspecified atom stereocenters. The van der Waals surface area contributed by atoms with E-state index in [9.17, 15) is 26.9 Å². The molecule has 0 aliphatic heterocycles. The highest BCUT2D eigenvalue weighted by molar-refractivity contribution is 7.89. The molecule has 0 radical (unpaired) electrons. The SMILES string of the molecule is Cc1ccnc2c1c(C#N)c(-c1ccc(S(=O)(=O)NC(C)(C)C(F)(F)F)cc1)n2C1CCC1. The first kappa shape index (κ1) is 23.3. The molecular formula is C23H23F3N4O2S. The minimum absolute atomic E-state index is 0.177. The zero-order chi connectivity index (χ0) is 24.2. The van der Waals surface area contributed by atoms with Crippen molar-refractivity contribution < 1.29 is 21.6 Å². The number of rotatable bonds is 5. The molecule has 0 saturated heterocycles. The van der Waals surface area contributed by atoms with Crippen molar-refractivity contribution in [1.82, 2.24) is 14.3 Å². The smallest absolute Gasteiger partial charge is 0.321 e. The molecule has 0 spiro atoms. The van der Waals surface area contributed by atoms with Gasteiger partial charge in [0.25, 0.3) is 0 Å². The first-order valence-corrected chi connectivity index (χ1v) is 12.0. The van der Waals surface area contributed by atoms with Crippen LogP contribution in [0.5, 0.6) is 0 Å². The third-order valence-electron chi connectivity index (χ3n) is 6.18. The number of hydrogen-bond acceptors (Lipinski definition) is 4.